The zero-order valence-corrected chi connectivity index (χ0v) is 8.05. The molecule has 0 bridgehead atoms. The molecule has 0 aliphatic carbocycles. The van der Waals surface area contributed by atoms with Gasteiger partial charge in [0, 0.05) is 7.05 Å². The fourth-order valence-electron chi connectivity index (χ4n) is 1.44. The lowest BCUT2D eigenvalue weighted by molar-refractivity contribution is 1.000. The number of aryl methyl sites for hydroxylation is 2. The van der Waals surface area contributed by atoms with Crippen LogP contribution in [0.2, 0.25) is 0 Å². The zero-order chi connectivity index (χ0) is 9.59. The normalized spacial score (nSPS) is 14.4. The van der Waals surface area contributed by atoms with E-state index in [-0.39, 0.29) is 0 Å². The minimum Gasteiger partial charge on any atom is -0.338 e. The summed E-state index contributed by atoms with van der Waals surface area (Å²) in [5, 5.41) is 3.15. The van der Waals surface area contributed by atoms with Gasteiger partial charge in [-0.25, -0.2) is 9.97 Å². The standard InChI is InChI=1S/C9H12N4/c1-5-8-9(11-6(2)10-5)13(4)7(3)12-8/h12H,3H2,1-2,4H3. The number of hydrogen-bond donors (Lipinski definition) is 1. The maximum absolute atomic E-state index is 4.34. The minimum absolute atomic E-state index is 0.791. The summed E-state index contributed by atoms with van der Waals surface area (Å²) in [5.41, 5.74) is 1.94. The molecule has 2 rings (SSSR count). The molecule has 1 aliphatic heterocycles. The molecule has 68 valence electrons. The van der Waals surface area contributed by atoms with Crippen LogP contribution in [0.1, 0.15) is 11.5 Å². The first-order valence-electron chi connectivity index (χ1n) is 4.14. The number of nitrogens with zero attached hydrogens (tertiary/aromatic N) is 3. The summed E-state index contributed by atoms with van der Waals surface area (Å²) in [6.45, 7) is 7.72. The van der Waals surface area contributed by atoms with Crippen LogP contribution in [-0.2, 0) is 0 Å². The lowest BCUT2D eigenvalue weighted by Crippen LogP contribution is -2.13. The Morgan fingerprint density at radius 3 is 2.69 bits per heavy atom. The van der Waals surface area contributed by atoms with Gasteiger partial charge < -0.3 is 10.2 Å². The van der Waals surface area contributed by atoms with Gasteiger partial charge in [-0.3, -0.25) is 0 Å². The number of rotatable bonds is 0. The Bertz CT molecular complexity index is 383. The fraction of sp³-hybridized carbons (Fsp3) is 0.333. The second-order valence-corrected chi connectivity index (χ2v) is 3.19. The third-order valence-corrected chi connectivity index (χ3v) is 2.17. The van der Waals surface area contributed by atoms with Crippen LogP contribution in [0, 0.1) is 13.8 Å². The summed E-state index contributed by atoms with van der Waals surface area (Å²) in [4.78, 5) is 10.5. The summed E-state index contributed by atoms with van der Waals surface area (Å²) in [6.07, 6.45) is 0. The van der Waals surface area contributed by atoms with Crippen LogP contribution < -0.4 is 10.2 Å². The van der Waals surface area contributed by atoms with Gasteiger partial charge >= 0.3 is 0 Å². The van der Waals surface area contributed by atoms with Crippen molar-refractivity contribution < 1.29 is 0 Å². The van der Waals surface area contributed by atoms with Crippen LogP contribution in [0.15, 0.2) is 12.4 Å². The van der Waals surface area contributed by atoms with Gasteiger partial charge in [-0.1, -0.05) is 6.58 Å². The Kier molecular flexibility index (Phi) is 1.52. The second-order valence-electron chi connectivity index (χ2n) is 3.19. The molecule has 1 aromatic rings. The lowest BCUT2D eigenvalue weighted by atomic mass is 10.3. The molecule has 4 heteroatoms. The van der Waals surface area contributed by atoms with Crippen LogP contribution in [0.25, 0.3) is 0 Å². The highest BCUT2D eigenvalue weighted by atomic mass is 15.3. The highest BCUT2D eigenvalue weighted by Crippen LogP contribution is 2.34. The van der Waals surface area contributed by atoms with Crippen molar-refractivity contribution in [2.45, 2.75) is 13.8 Å². The van der Waals surface area contributed by atoms with Gasteiger partial charge in [-0.15, -0.1) is 0 Å². The molecule has 0 atom stereocenters. The highest BCUT2D eigenvalue weighted by molar-refractivity contribution is 5.78. The van der Waals surface area contributed by atoms with Crippen molar-refractivity contribution in [1.29, 1.82) is 0 Å². The fourth-order valence-corrected chi connectivity index (χ4v) is 1.44. The third kappa shape index (κ3) is 1.06. The SMILES string of the molecule is C=C1Nc2c(C)nc(C)nc2N1C. The van der Waals surface area contributed by atoms with Gasteiger partial charge in [0.1, 0.15) is 17.3 Å². The average Bonchev–Trinajstić information content (AvgIpc) is 2.32. The molecule has 1 N–H and O–H groups in total. The van der Waals surface area contributed by atoms with Crippen LogP contribution in [0.3, 0.4) is 0 Å². The second kappa shape index (κ2) is 2.45. The predicted molar refractivity (Wildman–Crippen MR) is 52.7 cm³/mol. The predicted octanol–water partition coefficient (Wildman–Crippen LogP) is 1.43. The van der Waals surface area contributed by atoms with E-state index >= 15 is 0 Å². The first-order chi connectivity index (χ1) is 6.09. The molecule has 13 heavy (non-hydrogen) atoms. The van der Waals surface area contributed by atoms with Crippen LogP contribution in [0.4, 0.5) is 11.5 Å². The van der Waals surface area contributed by atoms with Crippen LogP contribution in [0.5, 0.6) is 0 Å². The first kappa shape index (κ1) is 8.04. The van der Waals surface area contributed by atoms with Gasteiger partial charge in [0.2, 0.25) is 0 Å². The smallest absolute Gasteiger partial charge is 0.161 e. The van der Waals surface area contributed by atoms with Crippen molar-refractivity contribution in [3.63, 3.8) is 0 Å². The van der Waals surface area contributed by atoms with Crippen molar-refractivity contribution in [3.05, 3.63) is 23.9 Å². The lowest BCUT2D eigenvalue weighted by Gasteiger charge is -2.10. The molecule has 4 nitrogen and oxygen atoms in total. The number of anilines is 2. The molecular weight excluding hydrogens is 164 g/mol. The molecule has 1 aliphatic rings. The van der Waals surface area contributed by atoms with Gasteiger partial charge in [0.25, 0.3) is 0 Å². The van der Waals surface area contributed by atoms with Gasteiger partial charge in [-0.2, -0.15) is 0 Å². The molecule has 0 saturated heterocycles. The van der Waals surface area contributed by atoms with E-state index in [2.05, 4.69) is 21.9 Å². The largest absolute Gasteiger partial charge is 0.338 e. The monoisotopic (exact) mass is 176 g/mol. The van der Waals surface area contributed by atoms with Crippen molar-refractivity contribution in [3.8, 4) is 0 Å². The number of nitrogens with one attached hydrogen (secondary N) is 1. The molecule has 2 heterocycles. The maximum Gasteiger partial charge on any atom is 0.161 e. The van der Waals surface area contributed by atoms with E-state index in [1.54, 1.807) is 0 Å². The molecule has 0 radical (unpaired) electrons. The third-order valence-electron chi connectivity index (χ3n) is 2.17. The van der Waals surface area contributed by atoms with Gasteiger partial charge in [0.05, 0.1) is 5.69 Å². The topological polar surface area (TPSA) is 41.1 Å². The van der Waals surface area contributed by atoms with E-state index in [1.807, 2.05) is 25.8 Å². The summed E-state index contributed by atoms with van der Waals surface area (Å²) < 4.78 is 0. The van der Waals surface area contributed by atoms with E-state index in [0.29, 0.717) is 0 Å². The van der Waals surface area contributed by atoms with Gasteiger partial charge in [-0.05, 0) is 13.8 Å². The Hall–Kier alpha value is -1.58. The summed E-state index contributed by atoms with van der Waals surface area (Å²) >= 11 is 0. The zero-order valence-electron chi connectivity index (χ0n) is 8.05. The van der Waals surface area contributed by atoms with Crippen molar-refractivity contribution in [2.24, 2.45) is 0 Å². The highest BCUT2D eigenvalue weighted by Gasteiger charge is 2.22. The van der Waals surface area contributed by atoms with Crippen LogP contribution in [-0.4, -0.2) is 17.0 Å². The Morgan fingerprint density at radius 1 is 1.31 bits per heavy atom. The summed E-state index contributed by atoms with van der Waals surface area (Å²) in [7, 11) is 1.94. The molecule has 0 saturated carbocycles. The van der Waals surface area contributed by atoms with Gasteiger partial charge in [0.15, 0.2) is 5.82 Å². The Morgan fingerprint density at radius 2 is 2.00 bits per heavy atom. The van der Waals surface area contributed by atoms with E-state index < -0.39 is 0 Å². The molecule has 0 unspecified atom stereocenters. The first-order valence-corrected chi connectivity index (χ1v) is 4.14. The Balaban J connectivity index is 2.63. The number of fused-ring (bicyclic) bond motifs is 1. The molecule has 0 fully saturated rings. The van der Waals surface area contributed by atoms with E-state index in [4.69, 9.17) is 0 Å². The van der Waals surface area contributed by atoms with Crippen molar-refractivity contribution in [2.75, 3.05) is 17.3 Å². The molecule has 1 aromatic heterocycles. The van der Waals surface area contributed by atoms with E-state index in [1.165, 1.54) is 0 Å². The van der Waals surface area contributed by atoms with E-state index in [9.17, 15) is 0 Å². The van der Waals surface area contributed by atoms with Crippen LogP contribution >= 0.6 is 0 Å². The quantitative estimate of drug-likeness (QED) is 0.649. The number of hydrogen-bond acceptors (Lipinski definition) is 4. The van der Waals surface area contributed by atoms with E-state index in [0.717, 1.165) is 28.8 Å². The summed E-state index contributed by atoms with van der Waals surface area (Å²) in [5.74, 6) is 2.55. The Labute approximate surface area is 77.3 Å². The minimum atomic E-state index is 0.791. The molecule has 0 aromatic carbocycles. The van der Waals surface area contributed by atoms with Crippen molar-refractivity contribution >= 4 is 11.5 Å². The molecule has 0 spiro atoms. The molecule has 0 amide bonds. The number of aromatic nitrogens is 2. The van der Waals surface area contributed by atoms with Crippen molar-refractivity contribution in [1.82, 2.24) is 9.97 Å². The molecular formula is C9H12N4. The maximum atomic E-state index is 4.34. The summed E-state index contributed by atoms with van der Waals surface area (Å²) in [6, 6.07) is 0. The average molecular weight is 176 g/mol.